The average molecular weight is 237 g/mol. The molecule has 1 fully saturated rings. The molecule has 90 valence electrons. The van der Waals surface area contributed by atoms with Crippen LogP contribution < -0.4 is 10.8 Å². The van der Waals surface area contributed by atoms with Crippen molar-refractivity contribution in [3.05, 3.63) is 29.1 Å². The molecule has 0 aliphatic heterocycles. The normalized spacial score (nSPS) is 14.6. The summed E-state index contributed by atoms with van der Waals surface area (Å²) in [5.74, 6) is -0.996. The second kappa shape index (κ2) is 4.47. The summed E-state index contributed by atoms with van der Waals surface area (Å²) < 4.78 is 13.5. The quantitative estimate of drug-likeness (QED) is 0.632. The van der Waals surface area contributed by atoms with E-state index >= 15 is 0 Å². The highest BCUT2D eigenvalue weighted by Crippen LogP contribution is 2.19. The Morgan fingerprint density at radius 2 is 2.12 bits per heavy atom. The molecule has 0 spiro atoms. The molecule has 1 aliphatic carbocycles. The molecule has 0 radical (unpaired) electrons. The molecule has 4 nitrogen and oxygen atoms in total. The number of benzene rings is 1. The first-order chi connectivity index (χ1) is 7.99. The minimum atomic E-state index is -1.78. The third-order valence-corrected chi connectivity index (χ3v) is 2.84. The lowest BCUT2D eigenvalue weighted by Gasteiger charge is -2.09. The molecule has 6 heteroatoms. The maximum absolute atomic E-state index is 13.5. The van der Waals surface area contributed by atoms with Gasteiger partial charge in [-0.05, 0) is 42.9 Å². The van der Waals surface area contributed by atoms with Gasteiger partial charge >= 0.3 is 7.12 Å². The van der Waals surface area contributed by atoms with E-state index in [0.29, 0.717) is 0 Å². The summed E-state index contributed by atoms with van der Waals surface area (Å²) in [6, 6.07) is 2.59. The maximum atomic E-state index is 13.5. The van der Waals surface area contributed by atoms with Gasteiger partial charge in [0.1, 0.15) is 5.82 Å². The van der Waals surface area contributed by atoms with Gasteiger partial charge in [0.15, 0.2) is 0 Å². The van der Waals surface area contributed by atoms with E-state index in [1.165, 1.54) is 13.0 Å². The van der Waals surface area contributed by atoms with Crippen LogP contribution in [-0.2, 0) is 0 Å². The van der Waals surface area contributed by atoms with Crippen molar-refractivity contribution < 1.29 is 19.2 Å². The van der Waals surface area contributed by atoms with E-state index in [-0.39, 0.29) is 28.5 Å². The van der Waals surface area contributed by atoms with Crippen LogP contribution in [0.3, 0.4) is 0 Å². The molecule has 0 atom stereocenters. The lowest BCUT2D eigenvalue weighted by atomic mass is 9.76. The van der Waals surface area contributed by atoms with Crippen LogP contribution in [0.15, 0.2) is 12.1 Å². The monoisotopic (exact) mass is 237 g/mol. The number of carbonyl (C=O) groups is 1. The Bertz CT molecular complexity index is 460. The van der Waals surface area contributed by atoms with E-state index in [4.69, 9.17) is 10.0 Å². The van der Waals surface area contributed by atoms with Crippen LogP contribution in [0.4, 0.5) is 4.39 Å². The summed E-state index contributed by atoms with van der Waals surface area (Å²) in [5, 5.41) is 20.9. The van der Waals surface area contributed by atoms with Crippen LogP contribution >= 0.6 is 0 Å². The van der Waals surface area contributed by atoms with Crippen LogP contribution in [0, 0.1) is 12.7 Å². The lowest BCUT2D eigenvalue weighted by molar-refractivity contribution is 0.0950. The zero-order valence-electron chi connectivity index (χ0n) is 9.40. The lowest BCUT2D eigenvalue weighted by Crippen LogP contribution is -2.35. The number of hydrogen-bond acceptors (Lipinski definition) is 3. The Labute approximate surface area is 98.6 Å². The van der Waals surface area contributed by atoms with Gasteiger partial charge in [-0.15, -0.1) is 0 Å². The summed E-state index contributed by atoms with van der Waals surface area (Å²) in [6.07, 6.45) is 1.88. The molecule has 3 N–H and O–H groups in total. The van der Waals surface area contributed by atoms with Crippen molar-refractivity contribution in [2.75, 3.05) is 0 Å². The Morgan fingerprint density at radius 3 is 2.65 bits per heavy atom. The van der Waals surface area contributed by atoms with E-state index in [0.717, 1.165) is 18.9 Å². The number of carbonyl (C=O) groups excluding carboxylic acids is 1. The van der Waals surface area contributed by atoms with Crippen LogP contribution in [-0.4, -0.2) is 29.1 Å². The van der Waals surface area contributed by atoms with Gasteiger partial charge in [-0.3, -0.25) is 4.79 Å². The third-order valence-electron chi connectivity index (χ3n) is 2.84. The molecule has 2 rings (SSSR count). The fourth-order valence-electron chi connectivity index (χ4n) is 1.60. The number of hydrogen-bond donors (Lipinski definition) is 3. The molecule has 0 heterocycles. The molecule has 0 unspecified atom stereocenters. The van der Waals surface area contributed by atoms with E-state index in [1.54, 1.807) is 0 Å². The number of amides is 1. The van der Waals surface area contributed by atoms with Gasteiger partial charge in [-0.1, -0.05) is 0 Å². The van der Waals surface area contributed by atoms with Gasteiger partial charge in [0.2, 0.25) is 0 Å². The highest BCUT2D eigenvalue weighted by Gasteiger charge is 2.25. The van der Waals surface area contributed by atoms with Crippen molar-refractivity contribution in [1.82, 2.24) is 5.32 Å². The largest absolute Gasteiger partial charge is 0.488 e. The van der Waals surface area contributed by atoms with Crippen LogP contribution in [0.2, 0.25) is 0 Å². The van der Waals surface area contributed by atoms with Gasteiger partial charge in [-0.2, -0.15) is 0 Å². The van der Waals surface area contributed by atoms with E-state index in [1.807, 2.05) is 0 Å². The minimum Gasteiger partial charge on any atom is -0.423 e. The van der Waals surface area contributed by atoms with Gasteiger partial charge in [0.25, 0.3) is 5.91 Å². The molecular formula is C11H13BFNO3. The van der Waals surface area contributed by atoms with Crippen molar-refractivity contribution in [1.29, 1.82) is 0 Å². The highest BCUT2D eigenvalue weighted by molar-refractivity contribution is 6.59. The van der Waals surface area contributed by atoms with Gasteiger partial charge in [-0.25, -0.2) is 4.39 Å². The first-order valence-corrected chi connectivity index (χ1v) is 5.46. The number of halogens is 1. The van der Waals surface area contributed by atoms with Crippen molar-refractivity contribution in [3.63, 3.8) is 0 Å². The van der Waals surface area contributed by atoms with E-state index in [9.17, 15) is 9.18 Å². The number of nitrogens with one attached hydrogen (secondary N) is 1. The molecule has 1 saturated carbocycles. The van der Waals surface area contributed by atoms with Crippen molar-refractivity contribution in [2.24, 2.45) is 0 Å². The second-order valence-electron chi connectivity index (χ2n) is 4.29. The average Bonchev–Trinajstić information content (AvgIpc) is 3.05. The first-order valence-electron chi connectivity index (χ1n) is 5.46. The first kappa shape index (κ1) is 12.1. The Morgan fingerprint density at radius 1 is 1.47 bits per heavy atom. The topological polar surface area (TPSA) is 69.6 Å². The summed E-state index contributed by atoms with van der Waals surface area (Å²) in [6.45, 7) is 1.44. The summed E-state index contributed by atoms with van der Waals surface area (Å²) >= 11 is 0. The molecule has 0 aromatic heterocycles. The summed E-state index contributed by atoms with van der Waals surface area (Å²) in [4.78, 5) is 11.7. The minimum absolute atomic E-state index is 0.0194. The molecule has 1 aromatic carbocycles. The smallest absolute Gasteiger partial charge is 0.423 e. The third kappa shape index (κ3) is 2.65. The molecule has 17 heavy (non-hydrogen) atoms. The Balaban J connectivity index is 2.30. The van der Waals surface area contributed by atoms with Gasteiger partial charge < -0.3 is 15.4 Å². The van der Waals surface area contributed by atoms with E-state index < -0.39 is 12.9 Å². The van der Waals surface area contributed by atoms with E-state index in [2.05, 4.69) is 5.32 Å². The molecule has 1 aromatic rings. The summed E-state index contributed by atoms with van der Waals surface area (Å²) in [7, 11) is -1.78. The number of rotatable bonds is 3. The zero-order valence-corrected chi connectivity index (χ0v) is 9.40. The SMILES string of the molecule is Cc1c(F)cc(C(=O)NC2CC2)cc1B(O)O. The van der Waals surface area contributed by atoms with Gasteiger partial charge in [0, 0.05) is 11.6 Å². The molecular weight excluding hydrogens is 224 g/mol. The van der Waals surface area contributed by atoms with Crippen LogP contribution in [0.25, 0.3) is 0 Å². The predicted molar refractivity (Wildman–Crippen MR) is 61.5 cm³/mol. The molecule has 0 saturated heterocycles. The fourth-order valence-corrected chi connectivity index (χ4v) is 1.60. The molecule has 1 aliphatic rings. The highest BCUT2D eigenvalue weighted by atomic mass is 19.1. The standard InChI is InChI=1S/C11H13BFNO3/c1-6-9(12(16)17)4-7(5-10(6)13)11(15)14-8-2-3-8/h4-5,8,16-17H,2-3H2,1H3,(H,14,15). The predicted octanol–water partition coefficient (Wildman–Crippen LogP) is -0.294. The summed E-state index contributed by atoms with van der Waals surface area (Å²) in [5.41, 5.74) is 0.275. The maximum Gasteiger partial charge on any atom is 0.488 e. The fraction of sp³-hybridized carbons (Fsp3) is 0.364. The van der Waals surface area contributed by atoms with Crippen molar-refractivity contribution in [3.8, 4) is 0 Å². The Hall–Kier alpha value is -1.40. The van der Waals surface area contributed by atoms with Crippen LogP contribution in [0.1, 0.15) is 28.8 Å². The van der Waals surface area contributed by atoms with Gasteiger partial charge in [0.05, 0.1) is 0 Å². The Kier molecular flexibility index (Phi) is 3.17. The zero-order chi connectivity index (χ0) is 12.6. The molecule has 1 amide bonds. The van der Waals surface area contributed by atoms with Crippen molar-refractivity contribution in [2.45, 2.75) is 25.8 Å². The van der Waals surface area contributed by atoms with Crippen LogP contribution in [0.5, 0.6) is 0 Å². The second-order valence-corrected chi connectivity index (χ2v) is 4.29. The molecule has 0 bridgehead atoms. The van der Waals surface area contributed by atoms with Crippen molar-refractivity contribution >= 4 is 18.5 Å².